The zero-order valence-electron chi connectivity index (χ0n) is 10.6. The molecule has 1 fully saturated rings. The van der Waals surface area contributed by atoms with Crippen molar-refractivity contribution in [3.63, 3.8) is 0 Å². The van der Waals surface area contributed by atoms with Crippen LogP contribution in [0.3, 0.4) is 0 Å². The molecule has 1 aliphatic rings. The lowest BCUT2D eigenvalue weighted by molar-refractivity contribution is 0.114. The minimum atomic E-state index is -0.0209. The molecule has 2 rings (SSSR count). The van der Waals surface area contributed by atoms with E-state index >= 15 is 0 Å². The number of nitrogens with zero attached hydrogens (tertiary/aromatic N) is 2. The van der Waals surface area contributed by atoms with Gasteiger partial charge in [0, 0.05) is 19.1 Å². The van der Waals surface area contributed by atoms with Crippen LogP contribution in [0.2, 0.25) is 0 Å². The maximum Gasteiger partial charge on any atom is 0.138 e. The normalized spacial score (nSPS) is 20.2. The number of piperidine rings is 1. The lowest BCUT2D eigenvalue weighted by Crippen LogP contribution is -2.35. The van der Waals surface area contributed by atoms with Crippen LogP contribution in [0.1, 0.15) is 31.5 Å². The standard InChI is InChI=1S/C13H21N3O/c1-10(14)13-4-3-12(9-15-13)17-11-5-7-16(2)8-6-11/h3-4,9-11H,5-8,14H2,1-2H3/t10-/m1/s1. The van der Waals surface area contributed by atoms with Crippen LogP contribution in [0, 0.1) is 0 Å². The van der Waals surface area contributed by atoms with Gasteiger partial charge >= 0.3 is 0 Å². The summed E-state index contributed by atoms with van der Waals surface area (Å²) in [7, 11) is 2.15. The van der Waals surface area contributed by atoms with Crippen molar-refractivity contribution in [3.8, 4) is 5.75 Å². The van der Waals surface area contributed by atoms with E-state index in [0.29, 0.717) is 6.10 Å². The van der Waals surface area contributed by atoms with Crippen LogP contribution in [-0.4, -0.2) is 36.1 Å². The molecule has 1 aliphatic heterocycles. The van der Waals surface area contributed by atoms with E-state index in [0.717, 1.165) is 37.4 Å². The van der Waals surface area contributed by atoms with Gasteiger partial charge in [0.05, 0.1) is 11.9 Å². The highest BCUT2D eigenvalue weighted by Crippen LogP contribution is 2.18. The van der Waals surface area contributed by atoms with E-state index in [1.54, 1.807) is 6.20 Å². The van der Waals surface area contributed by atoms with Crippen molar-refractivity contribution in [3.05, 3.63) is 24.0 Å². The first-order chi connectivity index (χ1) is 8.15. The van der Waals surface area contributed by atoms with Gasteiger partial charge in [0.15, 0.2) is 0 Å². The van der Waals surface area contributed by atoms with E-state index in [1.165, 1.54) is 0 Å². The van der Waals surface area contributed by atoms with Crippen molar-refractivity contribution in [2.24, 2.45) is 5.73 Å². The van der Waals surface area contributed by atoms with Gasteiger partial charge in [-0.2, -0.15) is 0 Å². The number of rotatable bonds is 3. The second-order valence-electron chi connectivity index (χ2n) is 4.83. The van der Waals surface area contributed by atoms with Crippen LogP contribution in [-0.2, 0) is 0 Å². The summed E-state index contributed by atoms with van der Waals surface area (Å²) < 4.78 is 5.91. The first kappa shape index (κ1) is 12.3. The molecule has 2 heterocycles. The van der Waals surface area contributed by atoms with Crippen molar-refractivity contribution < 1.29 is 4.74 Å². The Bertz CT molecular complexity index is 342. The SMILES string of the molecule is C[C@@H](N)c1ccc(OC2CCN(C)CC2)cn1. The fraction of sp³-hybridized carbons (Fsp3) is 0.615. The van der Waals surface area contributed by atoms with Gasteiger partial charge in [-0.3, -0.25) is 4.98 Å². The van der Waals surface area contributed by atoms with Crippen LogP contribution in [0.25, 0.3) is 0 Å². The van der Waals surface area contributed by atoms with Gasteiger partial charge in [0.25, 0.3) is 0 Å². The quantitative estimate of drug-likeness (QED) is 0.864. The molecule has 4 heteroatoms. The second-order valence-corrected chi connectivity index (χ2v) is 4.83. The average Bonchev–Trinajstić information content (AvgIpc) is 2.33. The van der Waals surface area contributed by atoms with Gasteiger partial charge in [-0.05, 0) is 38.9 Å². The largest absolute Gasteiger partial charge is 0.489 e. The van der Waals surface area contributed by atoms with Gasteiger partial charge in [-0.15, -0.1) is 0 Å². The third-order valence-corrected chi connectivity index (χ3v) is 3.19. The first-order valence-electron chi connectivity index (χ1n) is 6.22. The molecule has 1 aromatic rings. The predicted molar refractivity (Wildman–Crippen MR) is 68.0 cm³/mol. The summed E-state index contributed by atoms with van der Waals surface area (Å²) in [6.07, 6.45) is 4.28. The third kappa shape index (κ3) is 3.41. The molecular formula is C13H21N3O. The van der Waals surface area contributed by atoms with E-state index in [9.17, 15) is 0 Å². The maximum atomic E-state index is 5.91. The molecule has 0 amide bonds. The van der Waals surface area contributed by atoms with Gasteiger partial charge in [-0.1, -0.05) is 0 Å². The van der Waals surface area contributed by atoms with Crippen LogP contribution < -0.4 is 10.5 Å². The number of ether oxygens (including phenoxy) is 1. The summed E-state index contributed by atoms with van der Waals surface area (Å²) in [5, 5.41) is 0. The van der Waals surface area contributed by atoms with Crippen molar-refractivity contribution in [2.45, 2.75) is 31.9 Å². The summed E-state index contributed by atoms with van der Waals surface area (Å²) in [5.74, 6) is 0.851. The monoisotopic (exact) mass is 235 g/mol. The average molecular weight is 235 g/mol. The molecule has 1 saturated heterocycles. The van der Waals surface area contributed by atoms with Gasteiger partial charge in [0.2, 0.25) is 0 Å². The molecule has 1 aromatic heterocycles. The zero-order valence-corrected chi connectivity index (χ0v) is 10.6. The molecule has 0 saturated carbocycles. The fourth-order valence-corrected chi connectivity index (χ4v) is 2.03. The van der Waals surface area contributed by atoms with Gasteiger partial charge < -0.3 is 15.4 Å². The summed E-state index contributed by atoms with van der Waals surface area (Å²) in [6.45, 7) is 4.14. The van der Waals surface area contributed by atoms with Crippen LogP contribution in [0.5, 0.6) is 5.75 Å². The Labute approximate surface area is 103 Å². The molecule has 0 aliphatic carbocycles. The van der Waals surface area contributed by atoms with Gasteiger partial charge in [-0.25, -0.2) is 0 Å². The number of likely N-dealkylation sites (tertiary alicyclic amines) is 1. The van der Waals surface area contributed by atoms with E-state index in [1.807, 2.05) is 19.1 Å². The van der Waals surface area contributed by atoms with Crippen molar-refractivity contribution in [1.29, 1.82) is 0 Å². The number of hydrogen-bond donors (Lipinski definition) is 1. The molecule has 0 radical (unpaired) electrons. The summed E-state index contributed by atoms with van der Waals surface area (Å²) >= 11 is 0. The first-order valence-corrected chi connectivity index (χ1v) is 6.22. The molecule has 2 N–H and O–H groups in total. The fourth-order valence-electron chi connectivity index (χ4n) is 2.03. The van der Waals surface area contributed by atoms with Gasteiger partial charge in [0.1, 0.15) is 11.9 Å². The van der Waals surface area contributed by atoms with E-state index in [4.69, 9.17) is 10.5 Å². The highest BCUT2D eigenvalue weighted by atomic mass is 16.5. The highest BCUT2D eigenvalue weighted by molar-refractivity contribution is 5.21. The Morgan fingerprint density at radius 1 is 1.41 bits per heavy atom. The molecule has 1 atom stereocenters. The molecular weight excluding hydrogens is 214 g/mol. The Morgan fingerprint density at radius 2 is 2.12 bits per heavy atom. The Balaban J connectivity index is 1.90. The van der Waals surface area contributed by atoms with E-state index in [-0.39, 0.29) is 6.04 Å². The molecule has 17 heavy (non-hydrogen) atoms. The molecule has 4 nitrogen and oxygen atoms in total. The smallest absolute Gasteiger partial charge is 0.138 e. The molecule has 0 bridgehead atoms. The maximum absolute atomic E-state index is 5.91. The van der Waals surface area contributed by atoms with E-state index in [2.05, 4.69) is 16.9 Å². The van der Waals surface area contributed by atoms with Crippen LogP contribution in [0.4, 0.5) is 0 Å². The van der Waals surface area contributed by atoms with Crippen molar-refractivity contribution in [2.75, 3.05) is 20.1 Å². The molecule has 0 spiro atoms. The number of nitrogens with two attached hydrogens (primary N) is 1. The van der Waals surface area contributed by atoms with Crippen molar-refractivity contribution >= 4 is 0 Å². The zero-order chi connectivity index (χ0) is 12.3. The third-order valence-electron chi connectivity index (χ3n) is 3.19. The number of pyridine rings is 1. The second kappa shape index (κ2) is 5.47. The summed E-state index contributed by atoms with van der Waals surface area (Å²) in [6, 6.07) is 3.88. The lowest BCUT2D eigenvalue weighted by Gasteiger charge is -2.29. The summed E-state index contributed by atoms with van der Waals surface area (Å²) in [4.78, 5) is 6.63. The van der Waals surface area contributed by atoms with Crippen LogP contribution in [0.15, 0.2) is 18.3 Å². The minimum absolute atomic E-state index is 0.0209. The Hall–Kier alpha value is -1.13. The molecule has 0 unspecified atom stereocenters. The predicted octanol–water partition coefficient (Wildman–Crippen LogP) is 1.57. The van der Waals surface area contributed by atoms with Crippen LogP contribution >= 0.6 is 0 Å². The highest BCUT2D eigenvalue weighted by Gasteiger charge is 2.18. The Morgan fingerprint density at radius 3 is 2.65 bits per heavy atom. The number of hydrogen-bond acceptors (Lipinski definition) is 4. The lowest BCUT2D eigenvalue weighted by atomic mass is 10.1. The van der Waals surface area contributed by atoms with Crippen molar-refractivity contribution in [1.82, 2.24) is 9.88 Å². The molecule has 94 valence electrons. The summed E-state index contributed by atoms with van der Waals surface area (Å²) in [5.41, 5.74) is 6.66. The Kier molecular flexibility index (Phi) is 3.97. The minimum Gasteiger partial charge on any atom is -0.489 e. The van der Waals surface area contributed by atoms with E-state index < -0.39 is 0 Å². The molecule has 0 aromatic carbocycles. The number of aromatic nitrogens is 1. The topological polar surface area (TPSA) is 51.4 Å².